The van der Waals surface area contributed by atoms with E-state index in [1.165, 1.54) is 0 Å². The highest BCUT2D eigenvalue weighted by Crippen LogP contribution is 2.47. The maximum atomic E-state index is 12.6. The lowest BCUT2D eigenvalue weighted by Crippen LogP contribution is -2.23. The predicted octanol–water partition coefficient (Wildman–Crippen LogP) is 4.04. The van der Waals surface area contributed by atoms with Crippen molar-refractivity contribution < 1.29 is 9.21 Å². The molecule has 1 amide bonds. The van der Waals surface area contributed by atoms with Gasteiger partial charge in [0.05, 0.1) is 11.1 Å². The minimum atomic E-state index is -0.145. The molecule has 0 spiro atoms. The summed E-state index contributed by atoms with van der Waals surface area (Å²) in [6, 6.07) is 10.1. The van der Waals surface area contributed by atoms with E-state index in [4.69, 9.17) is 9.41 Å². The van der Waals surface area contributed by atoms with Gasteiger partial charge in [-0.15, -0.1) is 11.8 Å². The number of fused-ring (bicyclic) bond motifs is 3. The molecule has 1 N–H and O–H groups in total. The Morgan fingerprint density at radius 2 is 2.12 bits per heavy atom. The Hall–Kier alpha value is -2.01. The Balaban J connectivity index is 1.57. The Morgan fingerprint density at radius 1 is 1.33 bits per heavy atom. The third-order valence-electron chi connectivity index (χ3n) is 4.72. The van der Waals surface area contributed by atoms with Gasteiger partial charge in [0, 0.05) is 29.3 Å². The van der Waals surface area contributed by atoms with Gasteiger partial charge in [-0.05, 0) is 25.8 Å². The average Bonchev–Trinajstić information content (AvgIpc) is 3.13. The molecule has 0 saturated heterocycles. The molecule has 2 aliphatic rings. The van der Waals surface area contributed by atoms with Gasteiger partial charge in [0.15, 0.2) is 5.76 Å². The van der Waals surface area contributed by atoms with E-state index in [2.05, 4.69) is 12.2 Å². The number of rotatable bonds is 3. The van der Waals surface area contributed by atoms with Crippen LogP contribution < -0.4 is 5.32 Å². The maximum absolute atomic E-state index is 12.6. The van der Waals surface area contributed by atoms with Crippen LogP contribution in [0.3, 0.4) is 0 Å². The van der Waals surface area contributed by atoms with E-state index in [1.807, 2.05) is 49.0 Å². The Kier molecular flexibility index (Phi) is 3.96. The van der Waals surface area contributed by atoms with Gasteiger partial charge < -0.3 is 9.73 Å². The summed E-state index contributed by atoms with van der Waals surface area (Å²) in [5.41, 5.74) is 3.16. The summed E-state index contributed by atoms with van der Waals surface area (Å²) >= 11 is 1.85. The Bertz CT molecular complexity index is 810. The molecule has 0 fully saturated rings. The van der Waals surface area contributed by atoms with E-state index in [9.17, 15) is 4.79 Å². The first-order valence-electron chi connectivity index (χ1n) is 8.29. The lowest BCUT2D eigenvalue weighted by Gasteiger charge is -2.22. The number of amides is 1. The summed E-state index contributed by atoms with van der Waals surface area (Å²) in [6.07, 6.45) is 1.94. The molecule has 1 aromatic carbocycles. The second-order valence-corrected chi connectivity index (χ2v) is 7.78. The molecular formula is C19H20N2O2S. The molecular weight excluding hydrogens is 320 g/mol. The van der Waals surface area contributed by atoms with E-state index < -0.39 is 0 Å². The van der Waals surface area contributed by atoms with Gasteiger partial charge in [0.1, 0.15) is 5.76 Å². The number of thioether (sulfide) groups is 1. The van der Waals surface area contributed by atoms with Crippen molar-refractivity contribution in [3.63, 3.8) is 0 Å². The molecule has 5 heteroatoms. The van der Waals surface area contributed by atoms with Gasteiger partial charge in [0.2, 0.25) is 0 Å². The van der Waals surface area contributed by atoms with Gasteiger partial charge in [-0.3, -0.25) is 9.79 Å². The topological polar surface area (TPSA) is 54.6 Å². The number of nitrogens with zero attached hydrogens (tertiary/aromatic N) is 1. The first-order valence-corrected chi connectivity index (χ1v) is 9.17. The summed E-state index contributed by atoms with van der Waals surface area (Å²) in [6.45, 7) is 4.55. The fraction of sp³-hybridized carbons (Fsp3) is 0.368. The summed E-state index contributed by atoms with van der Waals surface area (Å²) < 4.78 is 5.94. The van der Waals surface area contributed by atoms with Crippen LogP contribution in [0.25, 0.3) is 0 Å². The minimum Gasteiger partial charge on any atom is -0.455 e. The number of benzene rings is 1. The standard InChI is InChI=1S/C19H20N2O2S/c1-11-16-14(8-9-15-17(16)21-12(2)24-15)23-18(11)19(22)20-10-13-6-4-3-5-7-13/h3-7,15,17H,8-10H2,1-2H3,(H,20,22). The molecule has 0 saturated carbocycles. The third kappa shape index (κ3) is 2.67. The van der Waals surface area contributed by atoms with E-state index in [-0.39, 0.29) is 11.9 Å². The molecule has 2 atom stereocenters. The minimum absolute atomic E-state index is 0.145. The van der Waals surface area contributed by atoms with Crippen LogP contribution in [0.4, 0.5) is 0 Å². The Morgan fingerprint density at radius 3 is 2.92 bits per heavy atom. The van der Waals surface area contributed by atoms with Crippen molar-refractivity contribution >= 4 is 22.7 Å². The normalized spacial score (nSPS) is 21.8. The molecule has 124 valence electrons. The first-order chi connectivity index (χ1) is 11.6. The molecule has 1 aliphatic heterocycles. The number of furan rings is 1. The highest BCUT2D eigenvalue weighted by atomic mass is 32.2. The van der Waals surface area contributed by atoms with Crippen LogP contribution in [0.1, 0.15) is 52.4 Å². The van der Waals surface area contributed by atoms with E-state index in [0.29, 0.717) is 17.6 Å². The van der Waals surface area contributed by atoms with Crippen LogP contribution in [0.2, 0.25) is 0 Å². The zero-order valence-corrected chi connectivity index (χ0v) is 14.7. The van der Waals surface area contributed by atoms with Crippen molar-refractivity contribution in [3.8, 4) is 0 Å². The zero-order valence-electron chi connectivity index (χ0n) is 13.8. The third-order valence-corrected chi connectivity index (χ3v) is 5.96. The van der Waals surface area contributed by atoms with Crippen LogP contribution in [0.5, 0.6) is 0 Å². The fourth-order valence-corrected chi connectivity index (χ4v) is 4.74. The highest BCUT2D eigenvalue weighted by molar-refractivity contribution is 8.14. The van der Waals surface area contributed by atoms with E-state index in [1.54, 1.807) is 0 Å². The monoisotopic (exact) mass is 340 g/mol. The second-order valence-electron chi connectivity index (χ2n) is 6.35. The number of carbonyl (C=O) groups excluding carboxylic acids is 1. The van der Waals surface area contributed by atoms with Crippen molar-refractivity contribution in [2.24, 2.45) is 4.99 Å². The predicted molar refractivity (Wildman–Crippen MR) is 96.6 cm³/mol. The molecule has 4 rings (SSSR count). The summed E-state index contributed by atoms with van der Waals surface area (Å²) in [5, 5.41) is 4.59. The quantitative estimate of drug-likeness (QED) is 0.917. The van der Waals surface area contributed by atoms with Gasteiger partial charge in [0.25, 0.3) is 5.91 Å². The highest BCUT2D eigenvalue weighted by Gasteiger charge is 2.39. The fourth-order valence-electron chi connectivity index (χ4n) is 3.57. The molecule has 1 aromatic heterocycles. The van der Waals surface area contributed by atoms with Crippen LogP contribution in [0, 0.1) is 6.92 Å². The number of aliphatic imine (C=N–C) groups is 1. The number of carbonyl (C=O) groups is 1. The zero-order chi connectivity index (χ0) is 16.7. The van der Waals surface area contributed by atoms with Crippen LogP contribution >= 0.6 is 11.8 Å². The number of aryl methyl sites for hydroxylation is 1. The summed E-state index contributed by atoms with van der Waals surface area (Å²) in [7, 11) is 0. The second kappa shape index (κ2) is 6.13. The first kappa shape index (κ1) is 15.5. The van der Waals surface area contributed by atoms with Gasteiger partial charge in [-0.1, -0.05) is 30.3 Å². The van der Waals surface area contributed by atoms with Crippen LogP contribution in [-0.2, 0) is 13.0 Å². The van der Waals surface area contributed by atoms with Crippen LogP contribution in [0.15, 0.2) is 39.7 Å². The lowest BCUT2D eigenvalue weighted by molar-refractivity contribution is 0.0920. The Labute approximate surface area is 145 Å². The van der Waals surface area contributed by atoms with Crippen molar-refractivity contribution in [3.05, 3.63) is 58.5 Å². The molecule has 0 bridgehead atoms. The van der Waals surface area contributed by atoms with Crippen molar-refractivity contribution in [1.82, 2.24) is 5.32 Å². The molecule has 24 heavy (non-hydrogen) atoms. The van der Waals surface area contributed by atoms with Crippen molar-refractivity contribution in [2.75, 3.05) is 0 Å². The maximum Gasteiger partial charge on any atom is 0.287 e. The van der Waals surface area contributed by atoms with E-state index >= 15 is 0 Å². The average molecular weight is 340 g/mol. The lowest BCUT2D eigenvalue weighted by atomic mass is 9.90. The summed E-state index contributed by atoms with van der Waals surface area (Å²) in [5.74, 6) is 1.24. The SMILES string of the molecule is CC1=NC2c3c(oc(C(=O)NCc4ccccc4)c3C)CCC2S1. The van der Waals surface area contributed by atoms with Gasteiger partial charge in [-0.25, -0.2) is 0 Å². The molecule has 4 nitrogen and oxygen atoms in total. The van der Waals surface area contributed by atoms with Gasteiger partial charge in [-0.2, -0.15) is 0 Å². The molecule has 2 unspecified atom stereocenters. The number of nitrogens with one attached hydrogen (secondary N) is 1. The van der Waals surface area contributed by atoms with E-state index in [0.717, 1.165) is 40.3 Å². The molecule has 2 aromatic rings. The van der Waals surface area contributed by atoms with Crippen molar-refractivity contribution in [1.29, 1.82) is 0 Å². The van der Waals surface area contributed by atoms with Crippen LogP contribution in [-0.4, -0.2) is 16.2 Å². The molecule has 2 heterocycles. The number of hydrogen-bond acceptors (Lipinski definition) is 4. The number of hydrogen-bond donors (Lipinski definition) is 1. The van der Waals surface area contributed by atoms with Gasteiger partial charge >= 0.3 is 0 Å². The largest absolute Gasteiger partial charge is 0.455 e. The smallest absolute Gasteiger partial charge is 0.287 e. The molecule has 0 radical (unpaired) electrons. The van der Waals surface area contributed by atoms with Crippen molar-refractivity contribution in [2.45, 2.75) is 44.5 Å². The summed E-state index contributed by atoms with van der Waals surface area (Å²) in [4.78, 5) is 17.3. The molecule has 1 aliphatic carbocycles.